The minimum Gasteiger partial charge on any atom is -0.466 e. The van der Waals surface area contributed by atoms with Crippen molar-refractivity contribution in [1.82, 2.24) is 0 Å². The van der Waals surface area contributed by atoms with Gasteiger partial charge in [-0.3, -0.25) is 9.59 Å². The summed E-state index contributed by atoms with van der Waals surface area (Å²) in [6.07, 6.45) is 2.55. The standard InChI is InChI=1S/C16H18O3/c1-3-19-16(18)14-9-8-13(17)10-15(14)12-6-4-11(2)5-7-12/h4-7,10,14H,3,8-9H2,1-2H3. The van der Waals surface area contributed by atoms with Crippen LogP contribution in [0.2, 0.25) is 0 Å². The Labute approximate surface area is 113 Å². The van der Waals surface area contributed by atoms with Crippen LogP contribution in [0.3, 0.4) is 0 Å². The SMILES string of the molecule is CCOC(=O)C1CCC(=O)C=C1c1ccc(C)cc1. The Kier molecular flexibility index (Phi) is 4.15. The van der Waals surface area contributed by atoms with E-state index >= 15 is 0 Å². The first kappa shape index (κ1) is 13.5. The summed E-state index contributed by atoms with van der Waals surface area (Å²) in [4.78, 5) is 23.6. The van der Waals surface area contributed by atoms with Crippen molar-refractivity contribution in [2.45, 2.75) is 26.7 Å². The summed E-state index contributed by atoms with van der Waals surface area (Å²) < 4.78 is 5.10. The molecule has 0 saturated carbocycles. The minimum absolute atomic E-state index is 0.0797. The van der Waals surface area contributed by atoms with Crippen molar-refractivity contribution in [3.63, 3.8) is 0 Å². The number of hydrogen-bond donors (Lipinski definition) is 0. The predicted octanol–water partition coefficient (Wildman–Crippen LogP) is 2.92. The summed E-state index contributed by atoms with van der Waals surface area (Å²) in [6.45, 7) is 4.17. The molecule has 1 aliphatic carbocycles. The maximum absolute atomic E-state index is 12.0. The lowest BCUT2D eigenvalue weighted by Crippen LogP contribution is -2.23. The number of rotatable bonds is 3. The van der Waals surface area contributed by atoms with E-state index in [1.807, 2.05) is 31.2 Å². The molecule has 0 aromatic heterocycles. The van der Waals surface area contributed by atoms with Gasteiger partial charge >= 0.3 is 5.97 Å². The number of ether oxygens (including phenoxy) is 1. The van der Waals surface area contributed by atoms with Crippen LogP contribution in [-0.2, 0) is 14.3 Å². The maximum atomic E-state index is 12.0. The van der Waals surface area contributed by atoms with Crippen LogP contribution >= 0.6 is 0 Å². The zero-order valence-electron chi connectivity index (χ0n) is 11.3. The molecule has 1 aliphatic rings. The molecule has 0 amide bonds. The highest BCUT2D eigenvalue weighted by Gasteiger charge is 2.29. The third-order valence-electron chi connectivity index (χ3n) is 3.33. The monoisotopic (exact) mass is 258 g/mol. The van der Waals surface area contributed by atoms with Gasteiger partial charge in [-0.05, 0) is 37.5 Å². The summed E-state index contributed by atoms with van der Waals surface area (Å²) in [5.74, 6) is -0.474. The van der Waals surface area contributed by atoms with E-state index in [4.69, 9.17) is 4.74 Å². The smallest absolute Gasteiger partial charge is 0.313 e. The number of carbonyl (C=O) groups is 2. The van der Waals surface area contributed by atoms with Crippen molar-refractivity contribution in [2.75, 3.05) is 6.61 Å². The molecule has 0 N–H and O–H groups in total. The van der Waals surface area contributed by atoms with E-state index in [1.165, 1.54) is 0 Å². The molecule has 100 valence electrons. The predicted molar refractivity (Wildman–Crippen MR) is 73.5 cm³/mol. The van der Waals surface area contributed by atoms with Gasteiger partial charge in [-0.15, -0.1) is 0 Å². The number of benzene rings is 1. The Balaban J connectivity index is 2.34. The summed E-state index contributed by atoms with van der Waals surface area (Å²) in [5.41, 5.74) is 2.87. The van der Waals surface area contributed by atoms with Crippen LogP contribution in [0, 0.1) is 12.8 Å². The van der Waals surface area contributed by atoms with E-state index in [0.717, 1.165) is 16.7 Å². The van der Waals surface area contributed by atoms with Crippen LogP contribution < -0.4 is 0 Å². The number of allylic oxidation sites excluding steroid dienone is 1. The molecule has 3 nitrogen and oxygen atoms in total. The van der Waals surface area contributed by atoms with E-state index in [0.29, 0.717) is 19.4 Å². The molecular weight excluding hydrogens is 240 g/mol. The largest absolute Gasteiger partial charge is 0.466 e. The van der Waals surface area contributed by atoms with Crippen LogP contribution in [-0.4, -0.2) is 18.4 Å². The fourth-order valence-electron chi connectivity index (χ4n) is 2.31. The summed E-state index contributed by atoms with van der Waals surface area (Å²) in [6, 6.07) is 7.87. The van der Waals surface area contributed by atoms with Gasteiger partial charge in [-0.25, -0.2) is 0 Å². The van der Waals surface area contributed by atoms with Gasteiger partial charge in [0.05, 0.1) is 12.5 Å². The third-order valence-corrected chi connectivity index (χ3v) is 3.33. The third kappa shape index (κ3) is 3.11. The van der Waals surface area contributed by atoms with Gasteiger partial charge in [0.25, 0.3) is 0 Å². The zero-order chi connectivity index (χ0) is 13.8. The number of hydrogen-bond acceptors (Lipinski definition) is 3. The van der Waals surface area contributed by atoms with Gasteiger partial charge in [-0.1, -0.05) is 29.8 Å². The molecule has 19 heavy (non-hydrogen) atoms. The topological polar surface area (TPSA) is 43.4 Å². The normalized spacial score (nSPS) is 18.9. The zero-order valence-corrected chi connectivity index (χ0v) is 11.3. The molecule has 0 fully saturated rings. The van der Waals surface area contributed by atoms with Crippen molar-refractivity contribution < 1.29 is 14.3 Å². The lowest BCUT2D eigenvalue weighted by Gasteiger charge is -2.22. The van der Waals surface area contributed by atoms with Crippen molar-refractivity contribution in [1.29, 1.82) is 0 Å². The first-order chi connectivity index (χ1) is 9.11. The molecular formula is C16H18O3. The molecule has 0 bridgehead atoms. The second kappa shape index (κ2) is 5.83. The molecule has 0 heterocycles. The second-order valence-corrected chi connectivity index (χ2v) is 4.78. The van der Waals surface area contributed by atoms with Crippen LogP contribution in [0.25, 0.3) is 5.57 Å². The molecule has 1 unspecified atom stereocenters. The summed E-state index contributed by atoms with van der Waals surface area (Å²) in [5, 5.41) is 0. The minimum atomic E-state index is -0.319. The molecule has 0 saturated heterocycles. The molecule has 1 aromatic carbocycles. The fraction of sp³-hybridized carbons (Fsp3) is 0.375. The van der Waals surface area contributed by atoms with Gasteiger partial charge in [0, 0.05) is 6.42 Å². The van der Waals surface area contributed by atoms with Crippen LogP contribution in [0.15, 0.2) is 30.3 Å². The van der Waals surface area contributed by atoms with Gasteiger partial charge in [0.2, 0.25) is 0 Å². The van der Waals surface area contributed by atoms with E-state index in [-0.39, 0.29) is 17.7 Å². The molecule has 0 spiro atoms. The molecule has 0 aliphatic heterocycles. The van der Waals surface area contributed by atoms with E-state index in [2.05, 4.69) is 0 Å². The van der Waals surface area contributed by atoms with Crippen LogP contribution in [0.5, 0.6) is 0 Å². The van der Waals surface area contributed by atoms with Crippen LogP contribution in [0.1, 0.15) is 30.9 Å². The summed E-state index contributed by atoms with van der Waals surface area (Å²) in [7, 11) is 0. The lowest BCUT2D eigenvalue weighted by atomic mass is 9.83. The molecule has 0 radical (unpaired) electrons. The Morgan fingerprint density at radius 1 is 1.32 bits per heavy atom. The average molecular weight is 258 g/mol. The van der Waals surface area contributed by atoms with E-state index in [1.54, 1.807) is 13.0 Å². The van der Waals surface area contributed by atoms with E-state index in [9.17, 15) is 9.59 Å². The number of esters is 1. The van der Waals surface area contributed by atoms with Gasteiger partial charge in [0.15, 0.2) is 5.78 Å². The highest BCUT2D eigenvalue weighted by molar-refractivity contribution is 6.03. The number of carbonyl (C=O) groups excluding carboxylic acids is 2. The van der Waals surface area contributed by atoms with Crippen molar-refractivity contribution in [2.24, 2.45) is 5.92 Å². The summed E-state index contributed by atoms with van der Waals surface area (Å²) >= 11 is 0. The Morgan fingerprint density at radius 3 is 2.63 bits per heavy atom. The van der Waals surface area contributed by atoms with Crippen molar-refractivity contribution in [3.8, 4) is 0 Å². The van der Waals surface area contributed by atoms with Gasteiger partial charge < -0.3 is 4.74 Å². The van der Waals surface area contributed by atoms with Gasteiger partial charge in [-0.2, -0.15) is 0 Å². The first-order valence-electron chi connectivity index (χ1n) is 6.60. The Morgan fingerprint density at radius 2 is 2.00 bits per heavy atom. The number of ketones is 1. The quantitative estimate of drug-likeness (QED) is 0.783. The first-order valence-corrected chi connectivity index (χ1v) is 6.60. The highest BCUT2D eigenvalue weighted by Crippen LogP contribution is 2.32. The Bertz CT molecular complexity index is 511. The molecule has 3 heteroatoms. The number of aryl methyl sites for hydroxylation is 1. The van der Waals surface area contributed by atoms with Crippen molar-refractivity contribution >= 4 is 17.3 Å². The molecule has 2 rings (SSSR count). The highest BCUT2D eigenvalue weighted by atomic mass is 16.5. The Hall–Kier alpha value is -1.90. The van der Waals surface area contributed by atoms with Gasteiger partial charge in [0.1, 0.15) is 0 Å². The lowest BCUT2D eigenvalue weighted by molar-refractivity contribution is -0.146. The average Bonchev–Trinajstić information content (AvgIpc) is 2.39. The molecule has 1 atom stereocenters. The van der Waals surface area contributed by atoms with E-state index < -0.39 is 0 Å². The van der Waals surface area contributed by atoms with Crippen molar-refractivity contribution in [3.05, 3.63) is 41.5 Å². The second-order valence-electron chi connectivity index (χ2n) is 4.78. The molecule has 1 aromatic rings. The maximum Gasteiger partial charge on any atom is 0.313 e. The van der Waals surface area contributed by atoms with Crippen LogP contribution in [0.4, 0.5) is 0 Å². The fourth-order valence-corrected chi connectivity index (χ4v) is 2.31.